The van der Waals surface area contributed by atoms with E-state index in [4.69, 9.17) is 5.11 Å². The maximum atomic E-state index is 11.0. The van der Waals surface area contributed by atoms with Gasteiger partial charge in [-0.05, 0) is 6.42 Å². The van der Waals surface area contributed by atoms with Gasteiger partial charge in [-0.3, -0.25) is 4.79 Å². The molecule has 0 aromatic rings. The van der Waals surface area contributed by atoms with Crippen LogP contribution in [0, 0.1) is 0 Å². The van der Waals surface area contributed by atoms with Crippen LogP contribution in [0.5, 0.6) is 0 Å². The number of rotatable bonds is 3. The van der Waals surface area contributed by atoms with Gasteiger partial charge in [0.1, 0.15) is 0 Å². The van der Waals surface area contributed by atoms with Crippen LogP contribution in [0.15, 0.2) is 0 Å². The fourth-order valence-corrected chi connectivity index (χ4v) is 1.12. The average Bonchev–Trinajstić information content (AvgIpc) is 2.03. The molecule has 1 saturated heterocycles. The van der Waals surface area contributed by atoms with E-state index in [9.17, 15) is 9.59 Å². The minimum atomic E-state index is -0.867. The molecule has 0 radical (unpaired) electrons. The fourth-order valence-electron chi connectivity index (χ4n) is 1.12. The van der Waals surface area contributed by atoms with Gasteiger partial charge in [-0.1, -0.05) is 0 Å². The highest BCUT2D eigenvalue weighted by molar-refractivity contribution is 5.75. The zero-order valence-corrected chi connectivity index (χ0v) is 6.75. The van der Waals surface area contributed by atoms with E-state index in [1.54, 1.807) is 0 Å². The van der Waals surface area contributed by atoms with Gasteiger partial charge in [0.2, 0.25) is 0 Å². The second-order valence-corrected chi connectivity index (χ2v) is 2.72. The molecular weight excluding hydrogens is 160 g/mol. The summed E-state index contributed by atoms with van der Waals surface area (Å²) in [5.41, 5.74) is 0. The molecule has 1 heterocycles. The number of carbonyl (C=O) groups excluding carboxylic acids is 1. The van der Waals surface area contributed by atoms with Crippen molar-refractivity contribution in [3.8, 4) is 0 Å². The van der Waals surface area contributed by atoms with Crippen LogP contribution in [0.3, 0.4) is 0 Å². The van der Waals surface area contributed by atoms with Crippen molar-refractivity contribution >= 4 is 12.0 Å². The first-order valence-electron chi connectivity index (χ1n) is 3.95. The number of urea groups is 1. The van der Waals surface area contributed by atoms with E-state index in [1.165, 1.54) is 4.90 Å². The summed E-state index contributed by atoms with van der Waals surface area (Å²) >= 11 is 0. The summed E-state index contributed by atoms with van der Waals surface area (Å²) < 4.78 is 0. The number of nitrogens with one attached hydrogen (secondary N) is 1. The summed E-state index contributed by atoms with van der Waals surface area (Å²) in [5.74, 6) is -0.867. The molecule has 1 fully saturated rings. The Morgan fingerprint density at radius 3 is 3.00 bits per heavy atom. The molecule has 12 heavy (non-hydrogen) atoms. The van der Waals surface area contributed by atoms with Gasteiger partial charge in [0.25, 0.3) is 0 Å². The molecule has 68 valence electrons. The molecule has 1 rings (SSSR count). The smallest absolute Gasteiger partial charge is 0.317 e. The lowest BCUT2D eigenvalue weighted by atomic mass is 10.3. The van der Waals surface area contributed by atoms with E-state index in [0.717, 1.165) is 6.42 Å². The van der Waals surface area contributed by atoms with Gasteiger partial charge in [-0.2, -0.15) is 0 Å². The molecule has 0 unspecified atom stereocenters. The summed E-state index contributed by atoms with van der Waals surface area (Å²) in [4.78, 5) is 22.7. The highest BCUT2D eigenvalue weighted by Gasteiger charge is 2.17. The van der Waals surface area contributed by atoms with Gasteiger partial charge in [-0.25, -0.2) is 4.79 Å². The van der Waals surface area contributed by atoms with Crippen LogP contribution in [0.2, 0.25) is 0 Å². The number of carboxylic acids is 1. The van der Waals surface area contributed by atoms with E-state index in [0.29, 0.717) is 19.6 Å². The minimum absolute atomic E-state index is 0.0212. The zero-order valence-electron chi connectivity index (χ0n) is 6.75. The maximum absolute atomic E-state index is 11.0. The molecule has 0 atom stereocenters. The first kappa shape index (κ1) is 8.83. The van der Waals surface area contributed by atoms with Crippen LogP contribution in [-0.4, -0.2) is 41.6 Å². The molecule has 1 aliphatic rings. The molecule has 0 saturated carbocycles. The molecule has 0 spiro atoms. The molecule has 5 nitrogen and oxygen atoms in total. The Morgan fingerprint density at radius 2 is 2.42 bits per heavy atom. The third kappa shape index (κ3) is 2.41. The van der Waals surface area contributed by atoms with E-state index in [1.807, 2.05) is 0 Å². The zero-order chi connectivity index (χ0) is 8.97. The van der Waals surface area contributed by atoms with Crippen LogP contribution in [0.25, 0.3) is 0 Å². The monoisotopic (exact) mass is 172 g/mol. The Kier molecular flexibility index (Phi) is 2.90. The van der Waals surface area contributed by atoms with E-state index in [2.05, 4.69) is 5.32 Å². The Balaban J connectivity index is 2.29. The Hall–Kier alpha value is -1.26. The summed E-state index contributed by atoms with van der Waals surface area (Å²) in [6.45, 7) is 1.67. The van der Waals surface area contributed by atoms with E-state index in [-0.39, 0.29) is 12.5 Å². The van der Waals surface area contributed by atoms with Crippen molar-refractivity contribution in [3.63, 3.8) is 0 Å². The fraction of sp³-hybridized carbons (Fsp3) is 0.714. The van der Waals surface area contributed by atoms with Crippen molar-refractivity contribution in [1.29, 1.82) is 0 Å². The number of hydrogen-bond donors (Lipinski definition) is 2. The second kappa shape index (κ2) is 3.94. The molecular formula is C7H12N2O3. The van der Waals surface area contributed by atoms with Gasteiger partial charge < -0.3 is 15.3 Å². The third-order valence-corrected chi connectivity index (χ3v) is 1.76. The second-order valence-electron chi connectivity index (χ2n) is 2.72. The van der Waals surface area contributed by atoms with Gasteiger partial charge in [-0.15, -0.1) is 0 Å². The maximum Gasteiger partial charge on any atom is 0.317 e. The highest BCUT2D eigenvalue weighted by atomic mass is 16.4. The lowest BCUT2D eigenvalue weighted by Gasteiger charge is -2.26. The predicted octanol–water partition coefficient (Wildman–Crippen LogP) is -0.124. The number of amides is 2. The normalized spacial score (nSPS) is 17.3. The summed E-state index contributed by atoms with van der Waals surface area (Å²) in [6, 6.07) is -0.150. The first-order valence-corrected chi connectivity index (χ1v) is 3.95. The van der Waals surface area contributed by atoms with Crippen LogP contribution in [-0.2, 0) is 4.79 Å². The van der Waals surface area contributed by atoms with E-state index < -0.39 is 5.97 Å². The van der Waals surface area contributed by atoms with Gasteiger partial charge >= 0.3 is 12.0 Å². The third-order valence-electron chi connectivity index (χ3n) is 1.76. The van der Waals surface area contributed by atoms with Crippen molar-refractivity contribution in [2.75, 3.05) is 19.6 Å². The standard InChI is InChI=1S/C7H12N2O3/c10-6(11)2-5-9-4-1-3-8-7(9)12/h1-5H2,(H,8,12)(H,10,11). The summed E-state index contributed by atoms with van der Waals surface area (Å²) in [6.07, 6.45) is 0.915. The molecule has 0 aromatic carbocycles. The number of carboxylic acid groups (broad SMARTS) is 1. The van der Waals surface area contributed by atoms with Gasteiger partial charge in [0, 0.05) is 19.6 Å². The minimum Gasteiger partial charge on any atom is -0.481 e. The highest BCUT2D eigenvalue weighted by Crippen LogP contribution is 1.99. The molecule has 5 heteroatoms. The van der Waals surface area contributed by atoms with Gasteiger partial charge in [0.15, 0.2) is 0 Å². The van der Waals surface area contributed by atoms with Crippen LogP contribution >= 0.6 is 0 Å². The largest absolute Gasteiger partial charge is 0.481 e. The average molecular weight is 172 g/mol. The lowest BCUT2D eigenvalue weighted by Crippen LogP contribution is -2.46. The van der Waals surface area contributed by atoms with Crippen LogP contribution in [0.1, 0.15) is 12.8 Å². The van der Waals surface area contributed by atoms with Crippen LogP contribution in [0.4, 0.5) is 4.79 Å². The van der Waals surface area contributed by atoms with Crippen molar-refractivity contribution in [2.24, 2.45) is 0 Å². The molecule has 0 bridgehead atoms. The van der Waals surface area contributed by atoms with Crippen LogP contribution < -0.4 is 5.32 Å². The van der Waals surface area contributed by atoms with Crippen molar-refractivity contribution in [3.05, 3.63) is 0 Å². The number of nitrogens with zero attached hydrogens (tertiary/aromatic N) is 1. The quantitative estimate of drug-likeness (QED) is 0.623. The van der Waals surface area contributed by atoms with Gasteiger partial charge in [0.05, 0.1) is 6.42 Å². The molecule has 1 aliphatic heterocycles. The molecule has 2 N–H and O–H groups in total. The number of aliphatic carboxylic acids is 1. The summed E-state index contributed by atoms with van der Waals surface area (Å²) in [5, 5.41) is 11.0. The Labute approximate surface area is 70.4 Å². The molecule has 2 amide bonds. The van der Waals surface area contributed by atoms with Crippen molar-refractivity contribution in [2.45, 2.75) is 12.8 Å². The number of carbonyl (C=O) groups is 2. The molecule has 0 aromatic heterocycles. The topological polar surface area (TPSA) is 69.6 Å². The lowest BCUT2D eigenvalue weighted by molar-refractivity contribution is -0.137. The Morgan fingerprint density at radius 1 is 1.67 bits per heavy atom. The first-order chi connectivity index (χ1) is 5.70. The van der Waals surface area contributed by atoms with E-state index >= 15 is 0 Å². The number of hydrogen-bond acceptors (Lipinski definition) is 2. The summed E-state index contributed by atoms with van der Waals surface area (Å²) in [7, 11) is 0. The predicted molar refractivity (Wildman–Crippen MR) is 41.8 cm³/mol. The van der Waals surface area contributed by atoms with Crippen molar-refractivity contribution in [1.82, 2.24) is 10.2 Å². The Bertz CT molecular complexity index is 193. The van der Waals surface area contributed by atoms with Crippen molar-refractivity contribution < 1.29 is 14.7 Å². The molecule has 0 aliphatic carbocycles. The SMILES string of the molecule is O=C(O)CCN1CCCNC1=O.